The van der Waals surface area contributed by atoms with Crippen molar-refractivity contribution in [2.75, 3.05) is 27.4 Å². The van der Waals surface area contributed by atoms with Crippen molar-refractivity contribution in [2.45, 2.75) is 33.2 Å². The standard InChI is InChI=1S/C15H17NO4.C13H13NO3/c1-10-7-14(17)16(9-15-19-5-6-20-15)13-4-3-11(18-2)8-12(10)13;1-9-7-13(16)14(5-6-15)12-4-3-10(17-2)8-11(9)12/h3-4,7-8,15H,5-6,9H2,1-2H3;3-4,6-8H,5H2,1-2H3. The maximum Gasteiger partial charge on any atom is 0.251 e. The van der Waals surface area contributed by atoms with E-state index in [-0.39, 0.29) is 24.0 Å². The Balaban J connectivity index is 0.000000176. The fourth-order valence-electron chi connectivity index (χ4n) is 4.42. The predicted molar refractivity (Wildman–Crippen MR) is 141 cm³/mol. The van der Waals surface area contributed by atoms with Crippen LogP contribution in [-0.4, -0.2) is 49.1 Å². The number of methoxy groups -OCH3 is 2. The Morgan fingerprint density at radius 3 is 1.78 bits per heavy atom. The lowest BCUT2D eigenvalue weighted by Gasteiger charge is -2.15. The van der Waals surface area contributed by atoms with E-state index < -0.39 is 0 Å². The van der Waals surface area contributed by atoms with Gasteiger partial charge in [0.15, 0.2) is 6.29 Å². The van der Waals surface area contributed by atoms with Crippen LogP contribution in [0.5, 0.6) is 11.5 Å². The SMILES string of the molecule is COc1ccc2c(c1)c(C)cc(=O)n2CC1OCCO1.COc1ccc2c(c1)c(C)cc(=O)n2CC=O. The molecule has 194 valence electrons. The van der Waals surface area contributed by atoms with Gasteiger partial charge >= 0.3 is 0 Å². The number of benzene rings is 2. The van der Waals surface area contributed by atoms with E-state index >= 15 is 0 Å². The van der Waals surface area contributed by atoms with E-state index in [0.717, 1.165) is 50.7 Å². The second kappa shape index (κ2) is 11.4. The van der Waals surface area contributed by atoms with Gasteiger partial charge < -0.3 is 32.9 Å². The Bertz CT molecular complexity index is 1550. The molecule has 0 aliphatic carbocycles. The van der Waals surface area contributed by atoms with Crippen LogP contribution in [0, 0.1) is 13.8 Å². The molecule has 9 heteroatoms. The molecule has 0 atom stereocenters. The number of hydrogen-bond donors (Lipinski definition) is 0. The van der Waals surface area contributed by atoms with E-state index in [9.17, 15) is 14.4 Å². The van der Waals surface area contributed by atoms with Crippen molar-refractivity contribution in [2.24, 2.45) is 0 Å². The summed E-state index contributed by atoms with van der Waals surface area (Å²) in [5, 5.41) is 1.92. The number of ether oxygens (including phenoxy) is 4. The minimum absolute atomic E-state index is 0.0423. The van der Waals surface area contributed by atoms with E-state index in [1.807, 2.05) is 38.1 Å². The van der Waals surface area contributed by atoms with Crippen molar-refractivity contribution in [1.82, 2.24) is 9.13 Å². The summed E-state index contributed by atoms with van der Waals surface area (Å²) in [6, 6.07) is 14.3. The minimum atomic E-state index is -0.347. The van der Waals surface area contributed by atoms with Gasteiger partial charge in [0, 0.05) is 22.9 Å². The van der Waals surface area contributed by atoms with Crippen LogP contribution in [0.2, 0.25) is 0 Å². The fourth-order valence-corrected chi connectivity index (χ4v) is 4.42. The molecule has 0 radical (unpaired) electrons. The lowest BCUT2D eigenvalue weighted by atomic mass is 10.1. The van der Waals surface area contributed by atoms with Crippen molar-refractivity contribution >= 4 is 28.1 Å². The lowest BCUT2D eigenvalue weighted by molar-refractivity contribution is -0.108. The highest BCUT2D eigenvalue weighted by Gasteiger charge is 2.18. The van der Waals surface area contributed by atoms with Gasteiger partial charge in [0.2, 0.25) is 0 Å². The van der Waals surface area contributed by atoms with Crippen LogP contribution in [0.1, 0.15) is 11.1 Å². The van der Waals surface area contributed by atoms with Crippen LogP contribution < -0.4 is 20.6 Å². The number of aryl methyl sites for hydroxylation is 2. The number of aldehydes is 1. The van der Waals surface area contributed by atoms with E-state index in [1.165, 1.54) is 10.6 Å². The van der Waals surface area contributed by atoms with Gasteiger partial charge in [-0.3, -0.25) is 9.59 Å². The Kier molecular flexibility index (Phi) is 8.05. The van der Waals surface area contributed by atoms with Gasteiger partial charge in [-0.15, -0.1) is 0 Å². The third-order valence-electron chi connectivity index (χ3n) is 6.33. The Labute approximate surface area is 213 Å². The molecule has 0 saturated carbocycles. The number of nitrogens with zero attached hydrogens (tertiary/aromatic N) is 2. The predicted octanol–water partition coefficient (Wildman–Crippen LogP) is 3.21. The van der Waals surface area contributed by atoms with Gasteiger partial charge in [0.1, 0.15) is 17.8 Å². The number of fused-ring (bicyclic) bond motifs is 2. The van der Waals surface area contributed by atoms with Gasteiger partial charge in [-0.1, -0.05) is 0 Å². The van der Waals surface area contributed by atoms with Crippen LogP contribution in [-0.2, 0) is 27.4 Å². The van der Waals surface area contributed by atoms with E-state index in [0.29, 0.717) is 19.8 Å². The van der Waals surface area contributed by atoms with Crippen molar-refractivity contribution in [3.8, 4) is 11.5 Å². The highest BCUT2D eigenvalue weighted by Crippen LogP contribution is 2.24. The lowest BCUT2D eigenvalue weighted by Crippen LogP contribution is -2.27. The third-order valence-corrected chi connectivity index (χ3v) is 6.33. The zero-order chi connectivity index (χ0) is 26.5. The summed E-state index contributed by atoms with van der Waals surface area (Å²) < 4.78 is 24.4. The smallest absolute Gasteiger partial charge is 0.251 e. The molecule has 0 amide bonds. The summed E-state index contributed by atoms with van der Waals surface area (Å²) >= 11 is 0. The van der Waals surface area contributed by atoms with E-state index in [4.69, 9.17) is 18.9 Å². The Hall–Kier alpha value is -3.95. The highest BCUT2D eigenvalue weighted by molar-refractivity contribution is 5.85. The minimum Gasteiger partial charge on any atom is -0.497 e. The summed E-state index contributed by atoms with van der Waals surface area (Å²) in [5.74, 6) is 1.51. The molecular formula is C28H30N2O7. The average Bonchev–Trinajstić information content (AvgIpc) is 3.42. The summed E-state index contributed by atoms with van der Waals surface area (Å²) in [4.78, 5) is 34.6. The molecule has 0 N–H and O–H groups in total. The van der Waals surface area contributed by atoms with Gasteiger partial charge in [-0.2, -0.15) is 0 Å². The molecule has 9 nitrogen and oxygen atoms in total. The quantitative estimate of drug-likeness (QED) is 0.371. The molecule has 1 aliphatic rings. The second-order valence-electron chi connectivity index (χ2n) is 8.66. The molecule has 37 heavy (non-hydrogen) atoms. The van der Waals surface area contributed by atoms with E-state index in [2.05, 4.69) is 0 Å². The first-order valence-electron chi connectivity index (χ1n) is 11.9. The van der Waals surface area contributed by atoms with Crippen LogP contribution in [0.3, 0.4) is 0 Å². The number of pyridine rings is 2. The molecule has 5 rings (SSSR count). The molecule has 4 aromatic rings. The first kappa shape index (κ1) is 26.1. The average molecular weight is 507 g/mol. The van der Waals surface area contributed by atoms with Crippen LogP contribution in [0.25, 0.3) is 21.8 Å². The zero-order valence-electron chi connectivity index (χ0n) is 21.4. The Morgan fingerprint density at radius 2 is 1.30 bits per heavy atom. The normalized spacial score (nSPS) is 13.4. The zero-order valence-corrected chi connectivity index (χ0v) is 21.4. The number of carbonyl (C=O) groups excluding carboxylic acids is 1. The molecule has 2 aromatic heterocycles. The maximum absolute atomic E-state index is 12.2. The molecule has 2 aromatic carbocycles. The van der Waals surface area contributed by atoms with Gasteiger partial charge in [-0.05, 0) is 61.4 Å². The fraction of sp³-hybridized carbons (Fsp3) is 0.321. The number of carbonyl (C=O) groups is 1. The first-order valence-corrected chi connectivity index (χ1v) is 11.9. The first-order chi connectivity index (χ1) is 17.9. The molecule has 1 fully saturated rings. The van der Waals surface area contributed by atoms with Crippen molar-refractivity contribution in [3.05, 3.63) is 80.4 Å². The van der Waals surface area contributed by atoms with Gasteiger partial charge in [0.05, 0.1) is 51.6 Å². The third kappa shape index (κ3) is 5.58. The molecule has 1 saturated heterocycles. The van der Waals surface area contributed by atoms with Gasteiger partial charge in [0.25, 0.3) is 11.1 Å². The second-order valence-corrected chi connectivity index (χ2v) is 8.66. The molecule has 1 aliphatic heterocycles. The molecule has 3 heterocycles. The highest BCUT2D eigenvalue weighted by atomic mass is 16.7. The summed E-state index contributed by atoms with van der Waals surface area (Å²) in [7, 11) is 3.23. The number of aromatic nitrogens is 2. The largest absolute Gasteiger partial charge is 0.497 e. The number of rotatable bonds is 6. The van der Waals surface area contributed by atoms with Crippen LogP contribution >= 0.6 is 0 Å². The molecule has 0 spiro atoms. The molecule has 0 bridgehead atoms. The summed E-state index contributed by atoms with van der Waals surface area (Å²) in [6.07, 6.45) is 0.376. The topological polar surface area (TPSA) is 98.0 Å². The van der Waals surface area contributed by atoms with E-state index in [1.54, 1.807) is 37.0 Å². The maximum atomic E-state index is 12.2. The van der Waals surface area contributed by atoms with Crippen molar-refractivity contribution in [1.29, 1.82) is 0 Å². The summed E-state index contributed by atoms with van der Waals surface area (Å²) in [5.41, 5.74) is 3.24. The monoisotopic (exact) mass is 506 g/mol. The molecule has 0 unspecified atom stereocenters. The summed E-state index contributed by atoms with van der Waals surface area (Å²) in [6.45, 7) is 5.43. The van der Waals surface area contributed by atoms with Crippen LogP contribution in [0.4, 0.5) is 0 Å². The number of hydrogen-bond acceptors (Lipinski definition) is 7. The molecular weight excluding hydrogens is 476 g/mol. The van der Waals surface area contributed by atoms with Crippen molar-refractivity contribution in [3.63, 3.8) is 0 Å². The Morgan fingerprint density at radius 1 is 0.811 bits per heavy atom. The van der Waals surface area contributed by atoms with Crippen molar-refractivity contribution < 1.29 is 23.7 Å². The van der Waals surface area contributed by atoms with Crippen LogP contribution in [0.15, 0.2) is 58.1 Å². The van der Waals surface area contributed by atoms with Gasteiger partial charge in [-0.25, -0.2) is 0 Å².